The van der Waals surface area contributed by atoms with Gasteiger partial charge >= 0.3 is 0 Å². The molecule has 0 radical (unpaired) electrons. The fraction of sp³-hybridized carbons (Fsp3) is 0.294. The van der Waals surface area contributed by atoms with Gasteiger partial charge in [-0.1, -0.05) is 69.3 Å². The lowest BCUT2D eigenvalue weighted by Crippen LogP contribution is -2.20. The number of methoxy groups -OCH3 is 1. The second kappa shape index (κ2) is 27.3. The van der Waals surface area contributed by atoms with E-state index in [1.807, 2.05) is 49.5 Å². The Kier molecular flexibility index (Phi) is 20.5. The molecule has 0 aliphatic heterocycles. The molecule has 1 atom stereocenters. The first kappa shape index (κ1) is 61.5. The first-order valence-electron chi connectivity index (χ1n) is 27.7. The summed E-state index contributed by atoms with van der Waals surface area (Å²) in [6.07, 6.45) is 3.22. The Morgan fingerprint density at radius 1 is 0.500 bits per heavy atom. The zero-order valence-electron chi connectivity index (χ0n) is 48.5. The van der Waals surface area contributed by atoms with Crippen LogP contribution >= 0.6 is 23.5 Å². The van der Waals surface area contributed by atoms with Crippen LogP contribution in [0.3, 0.4) is 0 Å². The van der Waals surface area contributed by atoms with Gasteiger partial charge in [0, 0.05) is 35.3 Å². The molecule has 0 aromatic heterocycles. The van der Waals surface area contributed by atoms with Crippen LogP contribution in [0.4, 0.5) is 0 Å². The third-order valence-corrected chi connectivity index (χ3v) is 20.8. The first-order valence-corrected chi connectivity index (χ1v) is 32.9. The molecule has 8 aromatic carbocycles. The van der Waals surface area contributed by atoms with Crippen LogP contribution in [-0.4, -0.2) is 59.5 Å². The number of aryl methyl sites for hydroxylation is 5. The van der Waals surface area contributed by atoms with Crippen molar-refractivity contribution in [3.05, 3.63) is 219 Å². The topological polar surface area (TPSA) is 157 Å². The van der Waals surface area contributed by atoms with E-state index in [9.17, 15) is 16.8 Å². The summed E-state index contributed by atoms with van der Waals surface area (Å²) in [5.41, 5.74) is 24.0. The van der Waals surface area contributed by atoms with Crippen molar-refractivity contribution in [2.75, 3.05) is 37.5 Å². The van der Waals surface area contributed by atoms with Gasteiger partial charge in [-0.25, -0.2) is 16.8 Å². The summed E-state index contributed by atoms with van der Waals surface area (Å²) < 4.78 is 79.7. The minimum absolute atomic E-state index is 0.151. The van der Waals surface area contributed by atoms with Gasteiger partial charge in [-0.15, -0.1) is 0 Å². The molecule has 430 valence electrons. The van der Waals surface area contributed by atoms with Gasteiger partial charge in [-0.2, -0.15) is 23.5 Å². The van der Waals surface area contributed by atoms with Crippen molar-refractivity contribution in [1.82, 2.24) is 0 Å². The molecule has 0 saturated heterocycles. The second-order valence-corrected chi connectivity index (χ2v) is 28.1. The molecule has 8 rings (SSSR count). The molecule has 8 aromatic rings. The minimum Gasteiger partial charge on any atom is -0.497 e. The summed E-state index contributed by atoms with van der Waals surface area (Å²) in [6.45, 7) is 18.4. The number of thioether (sulfide) groups is 2. The predicted molar refractivity (Wildman–Crippen MR) is 337 cm³/mol. The van der Waals surface area contributed by atoms with Crippen LogP contribution in [0.5, 0.6) is 40.2 Å². The number of sulfone groups is 2. The van der Waals surface area contributed by atoms with Crippen LogP contribution in [0.1, 0.15) is 88.4 Å². The Balaban J connectivity index is 0.985. The van der Waals surface area contributed by atoms with Crippen LogP contribution in [0.25, 0.3) is 0 Å². The smallest absolute Gasteiger partial charge is 0.206 e. The first-order chi connectivity index (χ1) is 39.2. The van der Waals surface area contributed by atoms with Crippen molar-refractivity contribution in [3.8, 4) is 40.2 Å². The van der Waals surface area contributed by atoms with Crippen LogP contribution in [0.2, 0.25) is 0 Å². The molecule has 10 nitrogen and oxygen atoms in total. The second-order valence-electron chi connectivity index (χ2n) is 21.4. The van der Waals surface area contributed by atoms with E-state index >= 15 is 0 Å². The van der Waals surface area contributed by atoms with E-state index in [-0.39, 0.29) is 24.8 Å². The zero-order valence-corrected chi connectivity index (χ0v) is 51.8. The molecule has 0 amide bonds. The molecule has 0 heterocycles. The zero-order chi connectivity index (χ0) is 58.8. The number of benzene rings is 8. The summed E-state index contributed by atoms with van der Waals surface area (Å²) in [5.74, 6) is 6.97. The van der Waals surface area contributed by atoms with Crippen molar-refractivity contribution in [3.63, 3.8) is 0 Å². The Morgan fingerprint density at radius 2 is 0.915 bits per heavy atom. The Labute approximate surface area is 495 Å². The van der Waals surface area contributed by atoms with Gasteiger partial charge in [-0.05, 0) is 236 Å². The highest BCUT2D eigenvalue weighted by Gasteiger charge is 2.27. The summed E-state index contributed by atoms with van der Waals surface area (Å²) >= 11 is 3.64. The summed E-state index contributed by atoms with van der Waals surface area (Å²) in [4.78, 5) is 0.655. The number of hydrogen-bond donors (Lipinski definition) is 2. The summed E-state index contributed by atoms with van der Waals surface area (Å²) in [6, 6.07) is 47.5. The number of ether oxygens (including phenoxy) is 4. The van der Waals surface area contributed by atoms with E-state index in [1.54, 1.807) is 84.9 Å². The van der Waals surface area contributed by atoms with Crippen molar-refractivity contribution >= 4 is 43.2 Å². The highest BCUT2D eigenvalue weighted by atomic mass is 32.2. The van der Waals surface area contributed by atoms with Crippen molar-refractivity contribution in [2.45, 2.75) is 111 Å². The number of nitrogens with two attached hydrogens (primary N) is 2. The quantitative estimate of drug-likeness (QED) is 0.0495. The van der Waals surface area contributed by atoms with Gasteiger partial charge in [0.05, 0.1) is 26.7 Å². The maximum absolute atomic E-state index is 14.0. The van der Waals surface area contributed by atoms with Crippen LogP contribution < -0.4 is 30.4 Å². The molecular formula is C68H76N2O8S4. The van der Waals surface area contributed by atoms with Gasteiger partial charge in [0.25, 0.3) is 0 Å². The van der Waals surface area contributed by atoms with Crippen LogP contribution in [0, 0.1) is 34.6 Å². The molecule has 4 N–H and O–H groups in total. The Bertz CT molecular complexity index is 3670. The largest absolute Gasteiger partial charge is 0.497 e. The fourth-order valence-corrected chi connectivity index (χ4v) is 14.1. The summed E-state index contributed by atoms with van der Waals surface area (Å²) in [7, 11) is -6.08. The van der Waals surface area contributed by atoms with Crippen molar-refractivity contribution in [2.24, 2.45) is 11.5 Å². The van der Waals surface area contributed by atoms with Crippen LogP contribution in [0.15, 0.2) is 177 Å². The van der Waals surface area contributed by atoms with Gasteiger partial charge in [0.1, 0.15) is 40.2 Å². The fourth-order valence-electron chi connectivity index (χ4n) is 10.1. The van der Waals surface area contributed by atoms with Crippen LogP contribution in [-0.2, 0) is 44.4 Å². The van der Waals surface area contributed by atoms with E-state index in [2.05, 4.69) is 90.1 Å². The molecule has 0 fully saturated rings. The lowest BCUT2D eigenvalue weighted by molar-refractivity contribution is 0.414. The van der Waals surface area contributed by atoms with E-state index in [1.165, 1.54) is 47.1 Å². The highest BCUT2D eigenvalue weighted by Crippen LogP contribution is 2.40. The van der Waals surface area contributed by atoms with E-state index < -0.39 is 25.1 Å². The molecule has 82 heavy (non-hydrogen) atoms. The average Bonchev–Trinajstić information content (AvgIpc) is 3.63. The maximum Gasteiger partial charge on any atom is 0.206 e. The van der Waals surface area contributed by atoms with Crippen molar-refractivity contribution in [1.29, 1.82) is 0 Å². The van der Waals surface area contributed by atoms with E-state index in [0.717, 1.165) is 75.7 Å². The molecule has 0 aliphatic rings. The monoisotopic (exact) mass is 1180 g/mol. The highest BCUT2D eigenvalue weighted by molar-refractivity contribution is 8.00. The van der Waals surface area contributed by atoms with Gasteiger partial charge < -0.3 is 30.4 Å². The number of rotatable bonds is 26. The van der Waals surface area contributed by atoms with E-state index in [4.69, 9.17) is 30.4 Å². The molecule has 0 aliphatic carbocycles. The predicted octanol–water partition coefficient (Wildman–Crippen LogP) is 15.4. The third kappa shape index (κ3) is 15.0. The molecule has 0 bridgehead atoms. The summed E-state index contributed by atoms with van der Waals surface area (Å²) in [5, 5.41) is 0.238. The SMILES string of the molecule is COc1ccc(S(=O)(=O)c2ccc(Oc3ccc(C(C)(C)c4ccc(Oc5ccc(S(=O)(=O)c6ccc(Oc7c(C)cc(Cc8cc(C)c(C)c(C)c8)cc7C)cc6)cc5)c(CC(C)SCCN)c4)cc3CCCSCCN)cc2)cc1. The van der Waals surface area contributed by atoms with Gasteiger partial charge in [0.2, 0.25) is 19.7 Å². The molecule has 1 unspecified atom stereocenters. The lowest BCUT2D eigenvalue weighted by atomic mass is 9.76. The molecule has 0 spiro atoms. The van der Waals surface area contributed by atoms with Crippen molar-refractivity contribution < 1.29 is 35.8 Å². The van der Waals surface area contributed by atoms with E-state index in [0.29, 0.717) is 54.0 Å². The third-order valence-electron chi connectivity index (χ3n) is 15.0. The Morgan fingerprint density at radius 3 is 1.37 bits per heavy atom. The lowest BCUT2D eigenvalue weighted by Gasteiger charge is -2.29. The average molecular weight is 1180 g/mol. The maximum atomic E-state index is 14.0. The minimum atomic E-state index is -3.87. The molecular weight excluding hydrogens is 1100 g/mol. The molecule has 0 saturated carbocycles. The Hall–Kier alpha value is -6.52. The van der Waals surface area contributed by atoms with Gasteiger partial charge in [0.15, 0.2) is 0 Å². The number of hydrogen-bond acceptors (Lipinski definition) is 12. The standard InChI is InChI=1S/C68H76N2O8S4/c1-45-37-51(38-46(2)50(45)6)42-52-39-47(3)67(48(4)40-52)78-60-20-28-64(29-21-60)82(73,74)63-26-18-59(19-27-63)77-66-31-13-56(44-54(66)41-49(5)80-36-33-70)68(7,8)55-12-30-65(53(43-55)11-10-34-79-35-32-69)76-58-16-24-62(25-17-58)81(71,72)61-22-14-57(75-9)15-23-61/h12-31,37-40,43-44,49H,10-11,32-36,41-42,69-70H2,1-9H3. The van der Waals surface area contributed by atoms with Gasteiger partial charge in [-0.3, -0.25) is 0 Å². The normalized spacial score (nSPS) is 12.3. The molecule has 14 heteroatoms.